The smallest absolute Gasteiger partial charge is 0.254 e. The van der Waals surface area contributed by atoms with Gasteiger partial charge in [0.25, 0.3) is 5.91 Å². The van der Waals surface area contributed by atoms with Gasteiger partial charge in [-0.1, -0.05) is 42.5 Å². The summed E-state index contributed by atoms with van der Waals surface area (Å²) in [7, 11) is 4.00. The van der Waals surface area contributed by atoms with Gasteiger partial charge in [0.15, 0.2) is 0 Å². The van der Waals surface area contributed by atoms with E-state index < -0.39 is 0 Å². The highest BCUT2D eigenvalue weighted by molar-refractivity contribution is 5.94. The fourth-order valence-electron chi connectivity index (χ4n) is 2.55. The molecule has 2 rings (SSSR count). The molecular formula is C21H27N3O2. The molecule has 2 aromatic rings. The predicted octanol–water partition coefficient (Wildman–Crippen LogP) is 2.53. The van der Waals surface area contributed by atoms with E-state index in [2.05, 4.69) is 10.2 Å². The molecule has 2 aromatic carbocycles. The Labute approximate surface area is 155 Å². The van der Waals surface area contributed by atoms with E-state index in [1.54, 1.807) is 0 Å². The summed E-state index contributed by atoms with van der Waals surface area (Å²) in [5, 5.41) is 2.76. The quantitative estimate of drug-likeness (QED) is 0.793. The summed E-state index contributed by atoms with van der Waals surface area (Å²) in [5.41, 5.74) is 2.74. The first-order chi connectivity index (χ1) is 12.5. The minimum absolute atomic E-state index is 0.0155. The average Bonchev–Trinajstić information content (AvgIpc) is 2.64. The van der Waals surface area contributed by atoms with E-state index in [0.717, 1.165) is 17.7 Å². The van der Waals surface area contributed by atoms with Crippen LogP contribution in [0, 0.1) is 0 Å². The number of hydrogen-bond donors (Lipinski definition) is 1. The van der Waals surface area contributed by atoms with E-state index >= 15 is 0 Å². The predicted molar refractivity (Wildman–Crippen MR) is 104 cm³/mol. The molecule has 0 unspecified atom stereocenters. The highest BCUT2D eigenvalue weighted by atomic mass is 16.2. The molecule has 1 N–H and O–H groups in total. The molecule has 0 atom stereocenters. The fraction of sp³-hybridized carbons (Fsp3) is 0.333. The van der Waals surface area contributed by atoms with E-state index in [-0.39, 0.29) is 11.8 Å². The molecule has 0 bridgehead atoms. The van der Waals surface area contributed by atoms with Crippen LogP contribution in [0.2, 0.25) is 0 Å². The molecule has 0 aromatic heterocycles. The lowest BCUT2D eigenvalue weighted by atomic mass is 10.1. The number of hydrogen-bond acceptors (Lipinski definition) is 3. The third-order valence-electron chi connectivity index (χ3n) is 4.06. The zero-order chi connectivity index (χ0) is 18.9. The van der Waals surface area contributed by atoms with Gasteiger partial charge in [0.05, 0.1) is 0 Å². The molecule has 0 spiro atoms. The highest BCUT2D eigenvalue weighted by Gasteiger charge is 2.16. The van der Waals surface area contributed by atoms with Crippen molar-refractivity contribution < 1.29 is 9.59 Å². The van der Waals surface area contributed by atoms with Gasteiger partial charge in [-0.15, -0.1) is 0 Å². The second-order valence-electron chi connectivity index (χ2n) is 6.62. The Morgan fingerprint density at radius 3 is 2.12 bits per heavy atom. The van der Waals surface area contributed by atoms with E-state index in [1.807, 2.05) is 73.6 Å². The van der Waals surface area contributed by atoms with Gasteiger partial charge in [-0.05, 0) is 37.4 Å². The molecule has 0 radical (unpaired) electrons. The fourth-order valence-corrected chi connectivity index (χ4v) is 2.55. The third-order valence-corrected chi connectivity index (χ3v) is 4.06. The van der Waals surface area contributed by atoms with Crippen LogP contribution >= 0.6 is 0 Å². The lowest BCUT2D eigenvalue weighted by Crippen LogP contribution is -2.36. The zero-order valence-corrected chi connectivity index (χ0v) is 15.7. The van der Waals surface area contributed by atoms with Crippen LogP contribution in [0.15, 0.2) is 54.6 Å². The molecule has 5 nitrogen and oxygen atoms in total. The van der Waals surface area contributed by atoms with Crippen LogP contribution in [0.1, 0.15) is 28.4 Å². The second kappa shape index (κ2) is 9.73. The van der Waals surface area contributed by atoms with Crippen molar-refractivity contribution in [3.8, 4) is 0 Å². The number of carbonyl (C=O) groups excluding carboxylic acids is 2. The van der Waals surface area contributed by atoms with E-state index in [9.17, 15) is 9.59 Å². The molecule has 2 amide bonds. The number of carbonyl (C=O) groups is 2. The lowest BCUT2D eigenvalue weighted by molar-refractivity contribution is -0.119. The van der Waals surface area contributed by atoms with Crippen molar-refractivity contribution in [1.82, 2.24) is 15.1 Å². The molecule has 0 aliphatic carbocycles. The van der Waals surface area contributed by atoms with Crippen molar-refractivity contribution in [1.29, 1.82) is 0 Å². The maximum absolute atomic E-state index is 13.0. The summed E-state index contributed by atoms with van der Waals surface area (Å²) < 4.78 is 0. The highest BCUT2D eigenvalue weighted by Crippen LogP contribution is 2.12. The number of rotatable bonds is 8. The summed E-state index contributed by atoms with van der Waals surface area (Å²) in [4.78, 5) is 27.9. The van der Waals surface area contributed by atoms with E-state index in [4.69, 9.17) is 0 Å². The maximum atomic E-state index is 13.0. The number of nitrogens with one attached hydrogen (secondary N) is 1. The summed E-state index contributed by atoms with van der Waals surface area (Å²) in [6.07, 6.45) is 0. The summed E-state index contributed by atoms with van der Waals surface area (Å²) in [5.74, 6) is -0.0512. The molecule has 5 heteroatoms. The van der Waals surface area contributed by atoms with Crippen LogP contribution in [-0.2, 0) is 17.9 Å². The van der Waals surface area contributed by atoms with Gasteiger partial charge in [-0.2, -0.15) is 0 Å². The van der Waals surface area contributed by atoms with Gasteiger partial charge < -0.3 is 15.1 Å². The standard InChI is InChI=1S/C21H27N3O2/c1-17(25)22-15-18-9-11-20(12-10-18)21(26)24(14-13-23(2)3)16-19-7-5-4-6-8-19/h4-12H,13-16H2,1-3H3,(H,22,25). The molecule has 0 saturated heterocycles. The van der Waals surface area contributed by atoms with Crippen LogP contribution < -0.4 is 5.32 Å². The van der Waals surface area contributed by atoms with Crippen LogP contribution in [0.3, 0.4) is 0 Å². The Morgan fingerprint density at radius 2 is 1.54 bits per heavy atom. The van der Waals surface area contributed by atoms with Gasteiger partial charge in [0, 0.05) is 38.7 Å². The minimum atomic E-state index is -0.0668. The molecule has 0 aliphatic rings. The van der Waals surface area contributed by atoms with Crippen molar-refractivity contribution in [3.05, 3.63) is 71.3 Å². The number of likely N-dealkylation sites (N-methyl/N-ethyl adjacent to an activating group) is 1. The van der Waals surface area contributed by atoms with Crippen molar-refractivity contribution in [2.45, 2.75) is 20.0 Å². The first-order valence-electron chi connectivity index (χ1n) is 8.77. The van der Waals surface area contributed by atoms with Gasteiger partial charge in [-0.3, -0.25) is 9.59 Å². The van der Waals surface area contributed by atoms with Crippen molar-refractivity contribution >= 4 is 11.8 Å². The number of benzene rings is 2. The Kier molecular flexibility index (Phi) is 7.36. The largest absolute Gasteiger partial charge is 0.352 e. The number of amides is 2. The monoisotopic (exact) mass is 353 g/mol. The number of nitrogens with zero attached hydrogens (tertiary/aromatic N) is 2. The SMILES string of the molecule is CC(=O)NCc1ccc(C(=O)N(CCN(C)C)Cc2ccccc2)cc1. The molecular weight excluding hydrogens is 326 g/mol. The van der Waals surface area contributed by atoms with Gasteiger partial charge in [-0.25, -0.2) is 0 Å². The summed E-state index contributed by atoms with van der Waals surface area (Å²) in [6, 6.07) is 17.4. The van der Waals surface area contributed by atoms with Crippen LogP contribution in [-0.4, -0.2) is 48.8 Å². The lowest BCUT2D eigenvalue weighted by Gasteiger charge is -2.25. The first kappa shape index (κ1) is 19.7. The van der Waals surface area contributed by atoms with Crippen LogP contribution in [0.4, 0.5) is 0 Å². The zero-order valence-electron chi connectivity index (χ0n) is 15.7. The van der Waals surface area contributed by atoms with Crippen molar-refractivity contribution in [2.75, 3.05) is 27.2 Å². The van der Waals surface area contributed by atoms with Crippen LogP contribution in [0.25, 0.3) is 0 Å². The molecule has 0 saturated carbocycles. The van der Waals surface area contributed by atoms with E-state index in [0.29, 0.717) is 25.2 Å². The second-order valence-corrected chi connectivity index (χ2v) is 6.62. The first-order valence-corrected chi connectivity index (χ1v) is 8.77. The molecule has 0 aliphatic heterocycles. The topological polar surface area (TPSA) is 52.7 Å². The average molecular weight is 353 g/mol. The normalized spacial score (nSPS) is 10.6. The van der Waals surface area contributed by atoms with Gasteiger partial charge >= 0.3 is 0 Å². The molecule has 26 heavy (non-hydrogen) atoms. The molecule has 138 valence electrons. The Bertz CT molecular complexity index is 712. The Morgan fingerprint density at radius 1 is 0.885 bits per heavy atom. The third kappa shape index (κ3) is 6.33. The Hall–Kier alpha value is -2.66. The molecule has 0 heterocycles. The van der Waals surface area contributed by atoms with Gasteiger partial charge in [0.1, 0.15) is 0 Å². The van der Waals surface area contributed by atoms with Crippen molar-refractivity contribution in [3.63, 3.8) is 0 Å². The Balaban J connectivity index is 2.10. The van der Waals surface area contributed by atoms with Crippen molar-refractivity contribution in [2.24, 2.45) is 0 Å². The van der Waals surface area contributed by atoms with Crippen LogP contribution in [0.5, 0.6) is 0 Å². The molecule has 0 fully saturated rings. The van der Waals surface area contributed by atoms with E-state index in [1.165, 1.54) is 6.92 Å². The summed E-state index contributed by atoms with van der Waals surface area (Å²) in [6.45, 7) is 4.01. The summed E-state index contributed by atoms with van der Waals surface area (Å²) >= 11 is 0. The maximum Gasteiger partial charge on any atom is 0.254 e. The van der Waals surface area contributed by atoms with Gasteiger partial charge in [0.2, 0.25) is 5.91 Å². The minimum Gasteiger partial charge on any atom is -0.352 e.